The van der Waals surface area contributed by atoms with Crippen LogP contribution >= 0.6 is 0 Å². The van der Waals surface area contributed by atoms with Crippen LogP contribution in [0.15, 0.2) is 24.3 Å². The third kappa shape index (κ3) is 1.92. The lowest BCUT2D eigenvalue weighted by atomic mass is 9.96. The lowest BCUT2D eigenvalue weighted by Gasteiger charge is -2.16. The molecule has 0 aliphatic heterocycles. The van der Waals surface area contributed by atoms with Crippen LogP contribution in [-0.4, -0.2) is 17.5 Å². The summed E-state index contributed by atoms with van der Waals surface area (Å²) in [5.74, 6) is 0.0275. The van der Waals surface area contributed by atoms with Crippen LogP contribution in [0, 0.1) is 12.7 Å². The van der Waals surface area contributed by atoms with Crippen LogP contribution in [0.5, 0.6) is 5.75 Å². The molecule has 1 aromatic carbocycles. The third-order valence-electron chi connectivity index (χ3n) is 3.80. The van der Waals surface area contributed by atoms with E-state index in [4.69, 9.17) is 4.74 Å². The minimum Gasteiger partial charge on any atom is -0.494 e. The van der Waals surface area contributed by atoms with Crippen LogP contribution in [0.1, 0.15) is 34.6 Å². The number of fused-ring (bicyclic) bond motifs is 1. The predicted molar refractivity (Wildman–Crippen MR) is 74.3 cm³/mol. The first-order valence-corrected chi connectivity index (χ1v) is 6.70. The zero-order valence-electron chi connectivity index (χ0n) is 11.6. The first kappa shape index (κ1) is 12.9. The van der Waals surface area contributed by atoms with Gasteiger partial charge in [0.05, 0.1) is 7.11 Å². The van der Waals surface area contributed by atoms with Gasteiger partial charge in [-0.3, -0.25) is 4.79 Å². The average Bonchev–Trinajstić information content (AvgIpc) is 2.77. The van der Waals surface area contributed by atoms with Gasteiger partial charge in [-0.25, -0.2) is 4.39 Å². The molecule has 20 heavy (non-hydrogen) atoms. The maximum Gasteiger partial charge on any atom is 0.165 e. The number of halogens is 1. The highest BCUT2D eigenvalue weighted by Gasteiger charge is 2.23. The maximum atomic E-state index is 13.5. The summed E-state index contributed by atoms with van der Waals surface area (Å²) in [7, 11) is 1.45. The molecule has 0 saturated carbocycles. The molecular weight excluding hydrogens is 257 g/mol. The molecule has 0 saturated heterocycles. The number of nitrogens with zero attached hydrogens (tertiary/aromatic N) is 1. The molecule has 4 heteroatoms. The number of aryl methyl sites for hydroxylation is 1. The molecule has 3 rings (SSSR count). The highest BCUT2D eigenvalue weighted by Crippen LogP contribution is 2.30. The lowest BCUT2D eigenvalue weighted by molar-refractivity contribution is 0.0972. The van der Waals surface area contributed by atoms with Gasteiger partial charge in [-0.15, -0.1) is 0 Å². The van der Waals surface area contributed by atoms with E-state index in [1.165, 1.54) is 13.2 Å². The van der Waals surface area contributed by atoms with E-state index in [1.54, 1.807) is 12.1 Å². The van der Waals surface area contributed by atoms with Crippen molar-refractivity contribution in [3.63, 3.8) is 0 Å². The van der Waals surface area contributed by atoms with E-state index in [2.05, 4.69) is 0 Å². The molecule has 0 fully saturated rings. The van der Waals surface area contributed by atoms with E-state index in [0.717, 1.165) is 35.5 Å². The number of hydrogen-bond acceptors (Lipinski definition) is 2. The molecule has 0 radical (unpaired) electrons. The number of carbonyl (C=O) groups is 1. The number of hydrogen-bond donors (Lipinski definition) is 0. The van der Waals surface area contributed by atoms with Gasteiger partial charge in [0.25, 0.3) is 0 Å². The molecule has 0 atom stereocenters. The Bertz CT molecular complexity index is 688. The molecule has 0 unspecified atom stereocenters. The van der Waals surface area contributed by atoms with Gasteiger partial charge in [-0.1, -0.05) is 0 Å². The Morgan fingerprint density at radius 2 is 2.05 bits per heavy atom. The Morgan fingerprint density at radius 3 is 2.80 bits per heavy atom. The van der Waals surface area contributed by atoms with Crippen LogP contribution in [0.4, 0.5) is 4.39 Å². The molecular formula is C16H16FNO2. The predicted octanol–water partition coefficient (Wildman–Crippen LogP) is 3.45. The van der Waals surface area contributed by atoms with Crippen LogP contribution < -0.4 is 4.74 Å². The quantitative estimate of drug-likeness (QED) is 0.839. The summed E-state index contributed by atoms with van der Waals surface area (Å²) in [5.41, 5.74) is 3.64. The van der Waals surface area contributed by atoms with Crippen molar-refractivity contribution < 1.29 is 13.9 Å². The second kappa shape index (κ2) is 4.78. The summed E-state index contributed by atoms with van der Waals surface area (Å²) in [6.07, 6.45) is 2.35. The highest BCUT2D eigenvalue weighted by atomic mass is 19.1. The van der Waals surface area contributed by atoms with Crippen molar-refractivity contribution in [3.8, 4) is 11.4 Å². The Balaban J connectivity index is 2.18. The number of aromatic nitrogens is 1. The normalized spacial score (nSPS) is 14.2. The molecule has 3 nitrogen and oxygen atoms in total. The summed E-state index contributed by atoms with van der Waals surface area (Å²) in [4.78, 5) is 12.0. The van der Waals surface area contributed by atoms with E-state index < -0.39 is 0 Å². The minimum atomic E-state index is -0.383. The fourth-order valence-corrected chi connectivity index (χ4v) is 2.88. The first-order valence-electron chi connectivity index (χ1n) is 6.70. The van der Waals surface area contributed by atoms with Crippen molar-refractivity contribution in [2.24, 2.45) is 0 Å². The summed E-state index contributed by atoms with van der Waals surface area (Å²) in [5, 5.41) is 0. The molecule has 104 valence electrons. The van der Waals surface area contributed by atoms with E-state index in [9.17, 15) is 9.18 Å². The second-order valence-electron chi connectivity index (χ2n) is 5.08. The fourth-order valence-electron chi connectivity index (χ4n) is 2.88. The zero-order chi connectivity index (χ0) is 14.3. The van der Waals surface area contributed by atoms with Crippen LogP contribution in [0.25, 0.3) is 5.69 Å². The minimum absolute atomic E-state index is 0.196. The van der Waals surface area contributed by atoms with Crippen LogP contribution in [0.3, 0.4) is 0 Å². The molecule has 1 heterocycles. The van der Waals surface area contributed by atoms with Crippen molar-refractivity contribution in [2.45, 2.75) is 26.2 Å². The topological polar surface area (TPSA) is 31.2 Å². The molecule has 0 spiro atoms. The maximum absolute atomic E-state index is 13.5. The van der Waals surface area contributed by atoms with Crippen molar-refractivity contribution in [2.75, 3.05) is 7.11 Å². The van der Waals surface area contributed by atoms with Crippen LogP contribution in [-0.2, 0) is 6.42 Å². The number of carbonyl (C=O) groups excluding carboxylic acids is 1. The number of Topliss-reactive ketones (excluding diaryl/α,β-unsaturated/α-hetero) is 1. The number of ketones is 1. The van der Waals surface area contributed by atoms with Gasteiger partial charge in [0.1, 0.15) is 0 Å². The Labute approximate surface area is 117 Å². The van der Waals surface area contributed by atoms with E-state index in [-0.39, 0.29) is 17.3 Å². The summed E-state index contributed by atoms with van der Waals surface area (Å²) < 4.78 is 20.6. The average molecular weight is 273 g/mol. The van der Waals surface area contributed by atoms with E-state index >= 15 is 0 Å². The van der Waals surface area contributed by atoms with Gasteiger partial charge >= 0.3 is 0 Å². The Hall–Kier alpha value is -2.10. The van der Waals surface area contributed by atoms with Gasteiger partial charge in [0.15, 0.2) is 17.3 Å². The molecule has 1 aliphatic carbocycles. The first-order chi connectivity index (χ1) is 9.61. The van der Waals surface area contributed by atoms with Gasteiger partial charge in [0, 0.05) is 35.1 Å². The Morgan fingerprint density at radius 1 is 1.25 bits per heavy atom. The van der Waals surface area contributed by atoms with E-state index in [0.29, 0.717) is 6.42 Å². The fraction of sp³-hybridized carbons (Fsp3) is 0.312. The SMILES string of the molecule is COc1cc(-n2c(C)cc3c2CCCC3=O)ccc1F. The van der Waals surface area contributed by atoms with Crippen molar-refractivity contribution in [1.29, 1.82) is 0 Å². The molecule has 0 bridgehead atoms. The number of benzene rings is 1. The van der Waals surface area contributed by atoms with Gasteiger partial charge in [-0.05, 0) is 38.0 Å². The van der Waals surface area contributed by atoms with Gasteiger partial charge in [0.2, 0.25) is 0 Å². The monoisotopic (exact) mass is 273 g/mol. The molecule has 0 N–H and O–H groups in total. The smallest absolute Gasteiger partial charge is 0.165 e. The van der Waals surface area contributed by atoms with Crippen molar-refractivity contribution in [3.05, 3.63) is 47.0 Å². The molecule has 2 aromatic rings. The summed E-state index contributed by atoms with van der Waals surface area (Å²) >= 11 is 0. The highest BCUT2D eigenvalue weighted by molar-refractivity contribution is 5.98. The van der Waals surface area contributed by atoms with Gasteiger partial charge < -0.3 is 9.30 Å². The van der Waals surface area contributed by atoms with Crippen molar-refractivity contribution in [1.82, 2.24) is 4.57 Å². The number of rotatable bonds is 2. The number of ether oxygens (including phenoxy) is 1. The van der Waals surface area contributed by atoms with Crippen molar-refractivity contribution >= 4 is 5.78 Å². The molecule has 0 amide bonds. The van der Waals surface area contributed by atoms with Gasteiger partial charge in [-0.2, -0.15) is 0 Å². The molecule has 1 aromatic heterocycles. The van der Waals surface area contributed by atoms with Crippen LogP contribution in [0.2, 0.25) is 0 Å². The standard InChI is InChI=1S/C16H16FNO2/c1-10-8-12-14(4-3-5-15(12)19)18(10)11-6-7-13(17)16(9-11)20-2/h6-9H,3-5H2,1-2H3. The molecule has 1 aliphatic rings. The summed E-state index contributed by atoms with van der Waals surface area (Å²) in [6.45, 7) is 1.96. The number of methoxy groups -OCH3 is 1. The lowest BCUT2D eigenvalue weighted by Crippen LogP contribution is -2.12. The summed E-state index contributed by atoms with van der Waals surface area (Å²) in [6, 6.07) is 6.70. The largest absolute Gasteiger partial charge is 0.494 e. The van der Waals surface area contributed by atoms with E-state index in [1.807, 2.05) is 17.6 Å². The Kier molecular flexibility index (Phi) is 3.08. The third-order valence-corrected chi connectivity index (χ3v) is 3.80. The zero-order valence-corrected chi connectivity index (χ0v) is 11.6. The second-order valence-corrected chi connectivity index (χ2v) is 5.08.